The Morgan fingerprint density at radius 1 is 1.14 bits per heavy atom. The number of methoxy groups -OCH3 is 1. The standard InChI is InChI=1S/C24H20N2O2S/c1-28-20-9-10-21-16(14-20)12-17(24(21)27)13-18-15-26(19-6-3-2-4-7-19)25-23(18)22-8-5-11-29-22/h2-11,14-15,17H,12-13H2,1H3. The van der Waals surface area contributed by atoms with Crippen LogP contribution in [0.25, 0.3) is 16.3 Å². The molecule has 2 aromatic carbocycles. The minimum absolute atomic E-state index is 0.0655. The van der Waals surface area contributed by atoms with E-state index in [1.807, 2.05) is 59.3 Å². The quantitative estimate of drug-likeness (QED) is 0.462. The van der Waals surface area contributed by atoms with Crippen LogP contribution >= 0.6 is 11.3 Å². The molecule has 0 radical (unpaired) electrons. The van der Waals surface area contributed by atoms with Crippen molar-refractivity contribution < 1.29 is 9.53 Å². The summed E-state index contributed by atoms with van der Waals surface area (Å²) < 4.78 is 7.24. The second kappa shape index (κ2) is 7.33. The van der Waals surface area contributed by atoms with Crippen LogP contribution < -0.4 is 4.74 Å². The highest BCUT2D eigenvalue weighted by molar-refractivity contribution is 7.13. The van der Waals surface area contributed by atoms with Crippen LogP contribution in [-0.4, -0.2) is 22.7 Å². The SMILES string of the molecule is COc1ccc2c(c1)CC(Cc1cn(-c3ccccc3)nc1-c1cccs1)C2=O. The average molecular weight is 401 g/mol. The average Bonchev–Trinajstić information content (AvgIpc) is 3.49. The topological polar surface area (TPSA) is 44.1 Å². The number of carbonyl (C=O) groups is 1. The Balaban J connectivity index is 1.49. The molecule has 0 fully saturated rings. The summed E-state index contributed by atoms with van der Waals surface area (Å²) in [5, 5.41) is 6.92. The Hall–Kier alpha value is -3.18. The number of aromatic nitrogens is 2. The van der Waals surface area contributed by atoms with Crippen LogP contribution in [0.2, 0.25) is 0 Å². The lowest BCUT2D eigenvalue weighted by atomic mass is 9.95. The maximum atomic E-state index is 13.0. The van der Waals surface area contributed by atoms with Crippen molar-refractivity contribution in [2.24, 2.45) is 5.92 Å². The molecule has 1 atom stereocenters. The minimum atomic E-state index is -0.0655. The molecule has 0 aliphatic heterocycles. The van der Waals surface area contributed by atoms with Crippen molar-refractivity contribution in [2.75, 3.05) is 7.11 Å². The lowest BCUT2D eigenvalue weighted by Gasteiger charge is -2.07. The third kappa shape index (κ3) is 3.28. The van der Waals surface area contributed by atoms with Gasteiger partial charge in [-0.1, -0.05) is 24.3 Å². The highest BCUT2D eigenvalue weighted by Gasteiger charge is 2.32. The number of para-hydroxylation sites is 1. The number of Topliss-reactive ketones (excluding diaryl/α,β-unsaturated/α-hetero) is 1. The normalized spacial score (nSPS) is 15.5. The molecule has 1 aliphatic carbocycles. The van der Waals surface area contributed by atoms with Gasteiger partial charge in [-0.25, -0.2) is 4.68 Å². The van der Waals surface area contributed by atoms with E-state index in [-0.39, 0.29) is 11.7 Å². The van der Waals surface area contributed by atoms with Crippen molar-refractivity contribution in [2.45, 2.75) is 12.8 Å². The molecule has 1 aliphatic rings. The number of hydrogen-bond acceptors (Lipinski definition) is 4. The predicted molar refractivity (Wildman–Crippen MR) is 115 cm³/mol. The largest absolute Gasteiger partial charge is 0.497 e. The van der Waals surface area contributed by atoms with E-state index in [1.165, 1.54) is 0 Å². The highest BCUT2D eigenvalue weighted by Crippen LogP contribution is 2.35. The number of rotatable bonds is 5. The number of benzene rings is 2. The maximum Gasteiger partial charge on any atom is 0.166 e. The molecule has 5 heteroatoms. The molecule has 4 aromatic rings. The van der Waals surface area contributed by atoms with E-state index in [1.54, 1.807) is 18.4 Å². The Morgan fingerprint density at radius 3 is 2.76 bits per heavy atom. The van der Waals surface area contributed by atoms with E-state index in [0.717, 1.165) is 45.1 Å². The van der Waals surface area contributed by atoms with E-state index >= 15 is 0 Å². The number of carbonyl (C=O) groups excluding carboxylic acids is 1. The lowest BCUT2D eigenvalue weighted by Crippen LogP contribution is -2.12. The number of thiophene rings is 1. The minimum Gasteiger partial charge on any atom is -0.497 e. The van der Waals surface area contributed by atoms with Gasteiger partial charge in [0.1, 0.15) is 11.4 Å². The van der Waals surface area contributed by atoms with Crippen LogP contribution in [0, 0.1) is 5.92 Å². The Bertz CT molecular complexity index is 1160. The van der Waals surface area contributed by atoms with Gasteiger partial charge >= 0.3 is 0 Å². The van der Waals surface area contributed by atoms with Crippen LogP contribution in [0.3, 0.4) is 0 Å². The first-order valence-electron chi connectivity index (χ1n) is 9.62. The van der Waals surface area contributed by atoms with Crippen molar-refractivity contribution in [3.8, 4) is 22.0 Å². The molecular formula is C24H20N2O2S. The summed E-state index contributed by atoms with van der Waals surface area (Å²) in [7, 11) is 1.65. The molecule has 0 saturated heterocycles. The van der Waals surface area contributed by atoms with Crippen LogP contribution in [-0.2, 0) is 12.8 Å². The first-order valence-corrected chi connectivity index (χ1v) is 10.5. The summed E-state index contributed by atoms with van der Waals surface area (Å²) in [5.74, 6) is 0.949. The highest BCUT2D eigenvalue weighted by atomic mass is 32.1. The Kier molecular flexibility index (Phi) is 4.52. The van der Waals surface area contributed by atoms with Gasteiger partial charge < -0.3 is 4.74 Å². The van der Waals surface area contributed by atoms with Gasteiger partial charge in [-0.05, 0) is 60.2 Å². The predicted octanol–water partition coefficient (Wildman–Crippen LogP) is 5.21. The number of nitrogens with zero attached hydrogens (tertiary/aromatic N) is 2. The van der Waals surface area contributed by atoms with Gasteiger partial charge in [0.2, 0.25) is 0 Å². The molecule has 0 amide bonds. The van der Waals surface area contributed by atoms with Gasteiger partial charge in [0, 0.05) is 23.2 Å². The fourth-order valence-corrected chi connectivity index (χ4v) is 4.75. The number of hydrogen-bond donors (Lipinski definition) is 0. The summed E-state index contributed by atoms with van der Waals surface area (Å²) in [6, 6.07) is 20.0. The monoisotopic (exact) mass is 400 g/mol. The molecule has 5 rings (SSSR count). The van der Waals surface area contributed by atoms with Crippen LogP contribution in [0.15, 0.2) is 72.2 Å². The third-order valence-electron chi connectivity index (χ3n) is 5.45. The Morgan fingerprint density at radius 2 is 2.00 bits per heavy atom. The summed E-state index contributed by atoms with van der Waals surface area (Å²) in [6.45, 7) is 0. The van der Waals surface area contributed by atoms with E-state index in [4.69, 9.17) is 9.84 Å². The second-order valence-electron chi connectivity index (χ2n) is 7.25. The molecule has 29 heavy (non-hydrogen) atoms. The molecule has 0 saturated carbocycles. The summed E-state index contributed by atoms with van der Waals surface area (Å²) in [5.41, 5.74) is 4.98. The molecule has 2 aromatic heterocycles. The van der Waals surface area contributed by atoms with Crippen molar-refractivity contribution in [1.29, 1.82) is 0 Å². The first kappa shape index (κ1) is 17.9. The Labute approximate surface area is 173 Å². The summed E-state index contributed by atoms with van der Waals surface area (Å²) in [4.78, 5) is 14.1. The van der Waals surface area contributed by atoms with Crippen LogP contribution in [0.5, 0.6) is 5.75 Å². The van der Waals surface area contributed by atoms with Crippen LogP contribution in [0.1, 0.15) is 21.5 Å². The zero-order chi connectivity index (χ0) is 19.8. The fraction of sp³-hybridized carbons (Fsp3) is 0.167. The molecule has 4 nitrogen and oxygen atoms in total. The molecule has 0 spiro atoms. The number of fused-ring (bicyclic) bond motifs is 1. The van der Waals surface area contributed by atoms with E-state index in [0.29, 0.717) is 6.42 Å². The van der Waals surface area contributed by atoms with Crippen molar-refractivity contribution in [3.63, 3.8) is 0 Å². The first-order chi connectivity index (χ1) is 14.2. The fourth-order valence-electron chi connectivity index (χ4n) is 4.01. The number of ether oxygens (including phenoxy) is 1. The van der Waals surface area contributed by atoms with Gasteiger partial charge in [-0.3, -0.25) is 4.79 Å². The van der Waals surface area contributed by atoms with E-state index in [2.05, 4.69) is 17.6 Å². The molecule has 144 valence electrons. The summed E-state index contributed by atoms with van der Waals surface area (Å²) >= 11 is 1.67. The van der Waals surface area contributed by atoms with Gasteiger partial charge in [0.05, 0.1) is 17.7 Å². The van der Waals surface area contributed by atoms with E-state index in [9.17, 15) is 4.79 Å². The second-order valence-corrected chi connectivity index (χ2v) is 8.20. The van der Waals surface area contributed by atoms with Crippen molar-refractivity contribution in [3.05, 3.63) is 88.9 Å². The molecule has 0 bridgehead atoms. The van der Waals surface area contributed by atoms with Crippen molar-refractivity contribution >= 4 is 17.1 Å². The zero-order valence-corrected chi connectivity index (χ0v) is 16.9. The number of ketones is 1. The van der Waals surface area contributed by atoms with Crippen molar-refractivity contribution in [1.82, 2.24) is 9.78 Å². The van der Waals surface area contributed by atoms with Crippen LogP contribution in [0.4, 0.5) is 0 Å². The molecule has 2 heterocycles. The molecule has 0 N–H and O–H groups in total. The van der Waals surface area contributed by atoms with E-state index < -0.39 is 0 Å². The molecular weight excluding hydrogens is 380 g/mol. The third-order valence-corrected chi connectivity index (χ3v) is 6.32. The molecule has 1 unspecified atom stereocenters. The maximum absolute atomic E-state index is 13.0. The van der Waals surface area contributed by atoms with Gasteiger partial charge in [-0.2, -0.15) is 5.10 Å². The zero-order valence-electron chi connectivity index (χ0n) is 16.0. The summed E-state index contributed by atoms with van der Waals surface area (Å²) in [6.07, 6.45) is 3.49. The van der Waals surface area contributed by atoms with Gasteiger partial charge in [0.15, 0.2) is 5.78 Å². The lowest BCUT2D eigenvalue weighted by molar-refractivity contribution is 0.0936. The van der Waals surface area contributed by atoms with Gasteiger partial charge in [0.25, 0.3) is 0 Å². The van der Waals surface area contributed by atoms with Gasteiger partial charge in [-0.15, -0.1) is 11.3 Å². The smallest absolute Gasteiger partial charge is 0.166 e.